The fraction of sp³-hybridized carbons (Fsp3) is 0.421. The molecule has 10 heteroatoms. The molecular formula is C19H20F3N3O4. The molecule has 1 aliphatic rings. The molecule has 0 radical (unpaired) electrons. The van der Waals surface area contributed by atoms with Crippen molar-refractivity contribution in [3.05, 3.63) is 56.5 Å². The maximum absolute atomic E-state index is 12.9. The predicted octanol–water partition coefficient (Wildman–Crippen LogP) is 4.09. The molecule has 0 bridgehead atoms. The molecular weight excluding hydrogens is 391 g/mol. The van der Waals surface area contributed by atoms with Crippen molar-refractivity contribution in [2.45, 2.75) is 26.9 Å². The Balaban J connectivity index is 1.79. The molecule has 2 heterocycles. The van der Waals surface area contributed by atoms with Crippen molar-refractivity contribution in [3.63, 3.8) is 0 Å². The molecule has 0 atom stereocenters. The maximum atomic E-state index is 12.9. The number of rotatable bonds is 3. The largest absolute Gasteiger partial charge is 0.466 e. The van der Waals surface area contributed by atoms with Crippen LogP contribution in [0.1, 0.15) is 33.0 Å². The first-order valence-corrected chi connectivity index (χ1v) is 8.97. The number of alkyl halides is 3. The van der Waals surface area contributed by atoms with Crippen LogP contribution in [0.4, 0.5) is 24.5 Å². The lowest BCUT2D eigenvalue weighted by Crippen LogP contribution is -2.49. The predicted molar refractivity (Wildman–Crippen MR) is 99.1 cm³/mol. The van der Waals surface area contributed by atoms with Crippen molar-refractivity contribution in [2.75, 3.05) is 31.1 Å². The third-order valence-electron chi connectivity index (χ3n) is 5.18. The number of carbonyl (C=O) groups is 1. The number of carbonyl (C=O) groups excluding carboxylic acids is 1. The van der Waals surface area contributed by atoms with Gasteiger partial charge in [0.05, 0.1) is 16.1 Å². The van der Waals surface area contributed by atoms with Gasteiger partial charge in [0.15, 0.2) is 0 Å². The lowest BCUT2D eigenvalue weighted by atomic mass is 10.1. The molecule has 0 N–H and O–H groups in total. The van der Waals surface area contributed by atoms with E-state index in [1.54, 1.807) is 30.6 Å². The zero-order valence-corrected chi connectivity index (χ0v) is 16.2. The molecule has 1 aliphatic heterocycles. The standard InChI is InChI=1S/C19H20F3N3O4/c1-11-12(2)29-13(3)17(11)18(26)24-8-6-23(7-9-24)15-5-4-14(19(20,21)22)10-16(15)25(27)28/h4-5,10H,6-9H2,1-3H3. The van der Waals surface area contributed by atoms with Crippen LogP contribution in [0.2, 0.25) is 0 Å². The van der Waals surface area contributed by atoms with Crippen molar-refractivity contribution in [3.8, 4) is 0 Å². The van der Waals surface area contributed by atoms with Gasteiger partial charge in [-0.05, 0) is 32.9 Å². The van der Waals surface area contributed by atoms with E-state index in [4.69, 9.17) is 4.42 Å². The number of hydrogen-bond acceptors (Lipinski definition) is 5. The summed E-state index contributed by atoms with van der Waals surface area (Å²) < 4.78 is 44.2. The number of hydrogen-bond donors (Lipinski definition) is 0. The Kier molecular flexibility index (Phi) is 5.29. The van der Waals surface area contributed by atoms with Gasteiger partial charge in [-0.25, -0.2) is 0 Å². The van der Waals surface area contributed by atoms with Crippen LogP contribution < -0.4 is 4.90 Å². The van der Waals surface area contributed by atoms with Crippen LogP contribution >= 0.6 is 0 Å². The highest BCUT2D eigenvalue weighted by atomic mass is 19.4. The molecule has 1 aromatic heterocycles. The topological polar surface area (TPSA) is 79.8 Å². The molecule has 0 saturated carbocycles. The van der Waals surface area contributed by atoms with Gasteiger partial charge >= 0.3 is 6.18 Å². The van der Waals surface area contributed by atoms with E-state index in [1.165, 1.54) is 0 Å². The van der Waals surface area contributed by atoms with Gasteiger partial charge in [-0.2, -0.15) is 13.2 Å². The summed E-state index contributed by atoms with van der Waals surface area (Å²) in [5.74, 6) is 1.02. The van der Waals surface area contributed by atoms with E-state index in [9.17, 15) is 28.1 Å². The average Bonchev–Trinajstić information content (AvgIpc) is 2.92. The number of furan rings is 1. The highest BCUT2D eigenvalue weighted by molar-refractivity contribution is 5.97. The van der Waals surface area contributed by atoms with Crippen LogP contribution in [0.5, 0.6) is 0 Å². The van der Waals surface area contributed by atoms with Gasteiger partial charge in [-0.1, -0.05) is 0 Å². The van der Waals surface area contributed by atoms with E-state index in [-0.39, 0.29) is 24.7 Å². The molecule has 1 amide bonds. The van der Waals surface area contributed by atoms with E-state index in [0.717, 1.165) is 17.7 Å². The number of nitro groups is 1. The minimum absolute atomic E-state index is 0.113. The quantitative estimate of drug-likeness (QED) is 0.561. The van der Waals surface area contributed by atoms with Gasteiger partial charge in [0.1, 0.15) is 17.2 Å². The Hall–Kier alpha value is -3.04. The third-order valence-corrected chi connectivity index (χ3v) is 5.18. The molecule has 1 fully saturated rings. The highest BCUT2D eigenvalue weighted by Crippen LogP contribution is 2.37. The van der Waals surface area contributed by atoms with Crippen LogP contribution in [0, 0.1) is 30.9 Å². The van der Waals surface area contributed by atoms with Gasteiger partial charge in [-0.15, -0.1) is 0 Å². The summed E-state index contributed by atoms with van der Waals surface area (Å²) in [6, 6.07) is 2.50. The summed E-state index contributed by atoms with van der Waals surface area (Å²) in [5.41, 5.74) is -0.272. The molecule has 3 rings (SSSR count). The monoisotopic (exact) mass is 411 g/mol. The number of piperazine rings is 1. The van der Waals surface area contributed by atoms with Crippen LogP contribution in [0.25, 0.3) is 0 Å². The average molecular weight is 411 g/mol. The minimum atomic E-state index is -4.66. The second-order valence-electron chi connectivity index (χ2n) is 6.95. The number of benzene rings is 1. The lowest BCUT2D eigenvalue weighted by molar-refractivity contribution is -0.384. The summed E-state index contributed by atoms with van der Waals surface area (Å²) in [7, 11) is 0. The lowest BCUT2D eigenvalue weighted by Gasteiger charge is -2.36. The van der Waals surface area contributed by atoms with Crippen molar-refractivity contribution in [2.24, 2.45) is 0 Å². The second-order valence-corrected chi connectivity index (χ2v) is 6.95. The zero-order chi connectivity index (χ0) is 21.5. The van der Waals surface area contributed by atoms with E-state index >= 15 is 0 Å². The Morgan fingerprint density at radius 1 is 1.10 bits per heavy atom. The highest BCUT2D eigenvalue weighted by Gasteiger charge is 2.35. The SMILES string of the molecule is Cc1oc(C)c(C(=O)N2CCN(c3ccc(C(F)(F)F)cc3[N+](=O)[O-])CC2)c1C. The molecule has 0 unspecified atom stereocenters. The number of amides is 1. The summed E-state index contributed by atoms with van der Waals surface area (Å²) in [5, 5.41) is 11.3. The first-order chi connectivity index (χ1) is 13.5. The number of halogens is 3. The van der Waals surface area contributed by atoms with Crippen LogP contribution in [-0.4, -0.2) is 41.9 Å². The molecule has 1 aromatic carbocycles. The minimum Gasteiger partial charge on any atom is -0.466 e. The number of nitrogens with zero attached hydrogens (tertiary/aromatic N) is 3. The summed E-state index contributed by atoms with van der Waals surface area (Å²) in [6.07, 6.45) is -4.66. The van der Waals surface area contributed by atoms with E-state index in [2.05, 4.69) is 0 Å². The molecule has 0 spiro atoms. The smallest absolute Gasteiger partial charge is 0.416 e. The Morgan fingerprint density at radius 3 is 2.21 bits per heavy atom. The Bertz CT molecular complexity index is 960. The van der Waals surface area contributed by atoms with Gasteiger partial charge in [0, 0.05) is 37.8 Å². The van der Waals surface area contributed by atoms with Crippen LogP contribution in [0.3, 0.4) is 0 Å². The second kappa shape index (κ2) is 7.41. The zero-order valence-electron chi connectivity index (χ0n) is 16.2. The van der Waals surface area contributed by atoms with Crippen molar-refractivity contribution in [1.29, 1.82) is 0 Å². The Morgan fingerprint density at radius 2 is 1.72 bits per heavy atom. The molecule has 0 aliphatic carbocycles. The van der Waals surface area contributed by atoms with E-state index < -0.39 is 22.4 Å². The number of anilines is 1. The van der Waals surface area contributed by atoms with Gasteiger partial charge in [0.2, 0.25) is 0 Å². The van der Waals surface area contributed by atoms with Crippen molar-refractivity contribution < 1.29 is 27.3 Å². The van der Waals surface area contributed by atoms with Crippen molar-refractivity contribution in [1.82, 2.24) is 4.90 Å². The van der Waals surface area contributed by atoms with Gasteiger partial charge in [-0.3, -0.25) is 14.9 Å². The normalized spacial score (nSPS) is 15.0. The third kappa shape index (κ3) is 3.92. The van der Waals surface area contributed by atoms with Gasteiger partial charge < -0.3 is 14.2 Å². The van der Waals surface area contributed by atoms with E-state index in [1.807, 2.05) is 0 Å². The van der Waals surface area contributed by atoms with E-state index in [0.29, 0.717) is 36.2 Å². The first kappa shape index (κ1) is 20.7. The summed E-state index contributed by atoms with van der Waals surface area (Å²) in [4.78, 5) is 26.6. The molecule has 156 valence electrons. The Labute approximate surface area is 164 Å². The summed E-state index contributed by atoms with van der Waals surface area (Å²) >= 11 is 0. The number of nitro benzene ring substituents is 1. The first-order valence-electron chi connectivity index (χ1n) is 8.97. The van der Waals surface area contributed by atoms with Gasteiger partial charge in [0.25, 0.3) is 11.6 Å². The van der Waals surface area contributed by atoms with Crippen LogP contribution in [0.15, 0.2) is 22.6 Å². The summed E-state index contributed by atoms with van der Waals surface area (Å²) in [6.45, 7) is 6.43. The fourth-order valence-corrected chi connectivity index (χ4v) is 3.53. The molecule has 29 heavy (non-hydrogen) atoms. The van der Waals surface area contributed by atoms with Crippen molar-refractivity contribution >= 4 is 17.3 Å². The molecule has 7 nitrogen and oxygen atoms in total. The number of aryl methyl sites for hydroxylation is 2. The maximum Gasteiger partial charge on any atom is 0.416 e. The molecule has 1 saturated heterocycles. The van der Waals surface area contributed by atoms with Crippen LogP contribution in [-0.2, 0) is 6.18 Å². The fourth-order valence-electron chi connectivity index (χ4n) is 3.53. The molecule has 2 aromatic rings.